The maximum absolute atomic E-state index is 12.0. The van der Waals surface area contributed by atoms with Gasteiger partial charge in [-0.15, -0.1) is 0 Å². The Morgan fingerprint density at radius 1 is 1.15 bits per heavy atom. The van der Waals surface area contributed by atoms with E-state index >= 15 is 0 Å². The van der Waals surface area contributed by atoms with Crippen LogP contribution in [-0.4, -0.2) is 45.0 Å². The Balaban J connectivity index is 1.75. The molecule has 148 valence electrons. The first-order valence-electron chi connectivity index (χ1n) is 8.63. The Morgan fingerprint density at radius 2 is 1.78 bits per heavy atom. The van der Waals surface area contributed by atoms with Crippen molar-refractivity contribution in [3.8, 4) is 0 Å². The minimum absolute atomic E-state index is 0.00664. The lowest BCUT2D eigenvalue weighted by Gasteiger charge is -2.15. The van der Waals surface area contributed by atoms with Crippen LogP contribution >= 0.6 is 0 Å². The van der Waals surface area contributed by atoms with E-state index < -0.39 is 40.6 Å². The van der Waals surface area contributed by atoms with Gasteiger partial charge in [0.15, 0.2) is 6.10 Å². The van der Waals surface area contributed by atoms with E-state index in [1.807, 2.05) is 0 Å². The predicted octanol–water partition coefficient (Wildman–Crippen LogP) is 0.665. The second-order valence-electron chi connectivity index (χ2n) is 6.21. The van der Waals surface area contributed by atoms with Crippen LogP contribution in [0.1, 0.15) is 32.6 Å². The summed E-state index contributed by atoms with van der Waals surface area (Å²) in [4.78, 5) is 35.4. The van der Waals surface area contributed by atoms with E-state index in [2.05, 4.69) is 15.4 Å². The lowest BCUT2D eigenvalue weighted by Crippen LogP contribution is -2.47. The molecule has 1 saturated carbocycles. The molecule has 1 aliphatic rings. The van der Waals surface area contributed by atoms with Gasteiger partial charge in [-0.25, -0.2) is 13.2 Å². The second-order valence-corrected chi connectivity index (χ2v) is 7.98. The van der Waals surface area contributed by atoms with Crippen molar-refractivity contribution in [1.29, 1.82) is 0 Å². The van der Waals surface area contributed by atoms with Crippen LogP contribution < -0.4 is 15.4 Å². The molecule has 3 amide bonds. The van der Waals surface area contributed by atoms with Gasteiger partial charge in [0, 0.05) is 6.04 Å². The molecule has 0 radical (unpaired) electrons. The molecule has 9 nitrogen and oxygen atoms in total. The van der Waals surface area contributed by atoms with Gasteiger partial charge in [0.2, 0.25) is 10.0 Å². The van der Waals surface area contributed by atoms with Gasteiger partial charge >= 0.3 is 12.0 Å². The number of hydrogen-bond acceptors (Lipinski definition) is 6. The largest absolute Gasteiger partial charge is 0.452 e. The molecule has 27 heavy (non-hydrogen) atoms. The third-order valence-electron chi connectivity index (χ3n) is 4.06. The minimum Gasteiger partial charge on any atom is -0.452 e. The fourth-order valence-electron chi connectivity index (χ4n) is 2.63. The monoisotopic (exact) mass is 397 g/mol. The van der Waals surface area contributed by atoms with Crippen LogP contribution in [0.3, 0.4) is 0 Å². The molecule has 0 saturated heterocycles. The average Bonchev–Trinajstić information content (AvgIpc) is 3.13. The topological polar surface area (TPSA) is 131 Å². The molecular weight excluding hydrogens is 374 g/mol. The van der Waals surface area contributed by atoms with Gasteiger partial charge in [-0.2, -0.15) is 4.72 Å². The number of carbonyl (C=O) groups excluding carboxylic acids is 3. The Kier molecular flexibility index (Phi) is 7.31. The first-order valence-corrected chi connectivity index (χ1v) is 10.1. The smallest absolute Gasteiger partial charge is 0.321 e. The zero-order valence-electron chi connectivity index (χ0n) is 14.9. The number of hydrogen-bond donors (Lipinski definition) is 3. The molecule has 0 spiro atoms. The molecule has 0 unspecified atom stereocenters. The highest BCUT2D eigenvalue weighted by atomic mass is 32.2. The highest BCUT2D eigenvalue weighted by Crippen LogP contribution is 2.17. The third-order valence-corrected chi connectivity index (χ3v) is 5.48. The fraction of sp³-hybridized carbons (Fsp3) is 0.471. The lowest BCUT2D eigenvalue weighted by molar-refractivity contribution is -0.153. The summed E-state index contributed by atoms with van der Waals surface area (Å²) in [6.07, 6.45) is 2.56. The molecule has 0 aromatic heterocycles. The first-order chi connectivity index (χ1) is 12.8. The molecule has 2 rings (SSSR count). The van der Waals surface area contributed by atoms with Crippen LogP contribution in [0.4, 0.5) is 4.79 Å². The van der Waals surface area contributed by atoms with Crippen molar-refractivity contribution in [3.63, 3.8) is 0 Å². The van der Waals surface area contributed by atoms with E-state index in [0.717, 1.165) is 25.7 Å². The van der Waals surface area contributed by atoms with Crippen LogP contribution in [0, 0.1) is 0 Å². The van der Waals surface area contributed by atoms with E-state index in [1.54, 1.807) is 18.2 Å². The summed E-state index contributed by atoms with van der Waals surface area (Å²) >= 11 is 0. The number of amides is 3. The number of benzene rings is 1. The van der Waals surface area contributed by atoms with Crippen molar-refractivity contribution in [1.82, 2.24) is 15.4 Å². The summed E-state index contributed by atoms with van der Waals surface area (Å²) in [5.74, 6) is -1.72. The Hall–Kier alpha value is -2.46. The molecular formula is C17H23N3O6S. The number of ether oxygens (including phenoxy) is 1. The number of nitrogens with one attached hydrogen (secondary N) is 3. The summed E-state index contributed by atoms with van der Waals surface area (Å²) in [5, 5.41) is 4.78. The standard InChI is InChI=1S/C17H23N3O6S/c1-12(16(22)20-17(23)19-13-7-5-6-8-13)26-15(21)11-18-27(24,25)14-9-3-2-4-10-14/h2-4,9-10,12-13,18H,5-8,11H2,1H3,(H2,19,20,22,23)/t12-/m1/s1. The van der Waals surface area contributed by atoms with Gasteiger partial charge in [-0.05, 0) is 31.9 Å². The van der Waals surface area contributed by atoms with Gasteiger partial charge < -0.3 is 10.1 Å². The van der Waals surface area contributed by atoms with Gasteiger partial charge in [0.05, 0.1) is 4.90 Å². The minimum atomic E-state index is -3.86. The molecule has 1 fully saturated rings. The number of urea groups is 1. The number of imide groups is 1. The molecule has 0 heterocycles. The molecule has 1 aromatic carbocycles. The van der Waals surface area contributed by atoms with Crippen molar-refractivity contribution in [3.05, 3.63) is 30.3 Å². The summed E-state index contributed by atoms with van der Waals surface area (Å²) in [5.41, 5.74) is 0. The molecule has 1 aromatic rings. The molecule has 0 bridgehead atoms. The third kappa shape index (κ3) is 6.65. The fourth-order valence-corrected chi connectivity index (χ4v) is 3.62. The van der Waals surface area contributed by atoms with Crippen LogP contribution in [0.25, 0.3) is 0 Å². The summed E-state index contributed by atoms with van der Waals surface area (Å²) in [7, 11) is -3.86. The Morgan fingerprint density at radius 3 is 2.41 bits per heavy atom. The van der Waals surface area contributed by atoms with Crippen LogP contribution in [0.5, 0.6) is 0 Å². The molecule has 1 atom stereocenters. The normalized spacial score (nSPS) is 15.7. The highest BCUT2D eigenvalue weighted by molar-refractivity contribution is 7.89. The molecule has 0 aliphatic heterocycles. The number of rotatable bonds is 7. The maximum atomic E-state index is 12.0. The lowest BCUT2D eigenvalue weighted by atomic mass is 10.2. The Bertz CT molecular complexity index is 775. The summed E-state index contributed by atoms with van der Waals surface area (Å²) < 4.78 is 31.0. The van der Waals surface area contributed by atoms with Crippen molar-refractivity contribution in [2.24, 2.45) is 0 Å². The van der Waals surface area contributed by atoms with Gasteiger partial charge in [0.1, 0.15) is 6.54 Å². The first kappa shape index (κ1) is 20.8. The van der Waals surface area contributed by atoms with Gasteiger partial charge in [0.25, 0.3) is 5.91 Å². The van der Waals surface area contributed by atoms with E-state index in [9.17, 15) is 22.8 Å². The van der Waals surface area contributed by atoms with E-state index in [1.165, 1.54) is 19.1 Å². The number of carbonyl (C=O) groups is 3. The van der Waals surface area contributed by atoms with Gasteiger partial charge in [-0.1, -0.05) is 31.0 Å². The van der Waals surface area contributed by atoms with Crippen molar-refractivity contribution < 1.29 is 27.5 Å². The van der Waals surface area contributed by atoms with Crippen LogP contribution in [-0.2, 0) is 24.3 Å². The average molecular weight is 397 g/mol. The summed E-state index contributed by atoms with van der Waals surface area (Å²) in [6, 6.07) is 6.93. The summed E-state index contributed by atoms with van der Waals surface area (Å²) in [6.45, 7) is 0.658. The van der Waals surface area contributed by atoms with Crippen LogP contribution in [0.15, 0.2) is 35.2 Å². The van der Waals surface area contributed by atoms with Gasteiger partial charge in [-0.3, -0.25) is 14.9 Å². The second kappa shape index (κ2) is 9.47. The van der Waals surface area contributed by atoms with Crippen LogP contribution in [0.2, 0.25) is 0 Å². The molecule has 1 aliphatic carbocycles. The number of esters is 1. The van der Waals surface area contributed by atoms with Crippen molar-refractivity contribution in [2.75, 3.05) is 6.54 Å². The Labute approximate surface area is 157 Å². The highest BCUT2D eigenvalue weighted by Gasteiger charge is 2.23. The quantitative estimate of drug-likeness (QED) is 0.580. The maximum Gasteiger partial charge on any atom is 0.321 e. The molecule has 10 heteroatoms. The zero-order chi connectivity index (χ0) is 19.9. The molecule has 3 N–H and O–H groups in total. The zero-order valence-corrected chi connectivity index (χ0v) is 15.8. The van der Waals surface area contributed by atoms with E-state index in [-0.39, 0.29) is 10.9 Å². The van der Waals surface area contributed by atoms with E-state index in [0.29, 0.717) is 0 Å². The van der Waals surface area contributed by atoms with E-state index in [4.69, 9.17) is 4.74 Å². The predicted molar refractivity (Wildman–Crippen MR) is 96.1 cm³/mol. The van der Waals surface area contributed by atoms with Crippen molar-refractivity contribution >= 4 is 27.9 Å². The number of sulfonamides is 1. The SMILES string of the molecule is C[C@@H](OC(=O)CNS(=O)(=O)c1ccccc1)C(=O)NC(=O)NC1CCCC1. The van der Waals surface area contributed by atoms with Crippen molar-refractivity contribution in [2.45, 2.75) is 49.6 Å².